The molecular formula is C19H14F2N4O2. The maximum atomic E-state index is 13.7. The monoisotopic (exact) mass is 368 g/mol. The molecule has 0 unspecified atom stereocenters. The highest BCUT2D eigenvalue weighted by Gasteiger charge is 2.12. The number of carbonyl (C=O) groups excluding carboxylic acids is 2. The summed E-state index contributed by atoms with van der Waals surface area (Å²) in [6.07, 6.45) is 1.37. The third-order valence-corrected chi connectivity index (χ3v) is 3.62. The minimum atomic E-state index is -0.888. The quantitative estimate of drug-likeness (QED) is 0.666. The average molecular weight is 368 g/mol. The minimum Gasteiger partial charge on any atom is -0.324 e. The second-order valence-corrected chi connectivity index (χ2v) is 5.60. The van der Waals surface area contributed by atoms with Crippen LogP contribution in [-0.4, -0.2) is 21.7 Å². The Balaban J connectivity index is 1.74. The lowest BCUT2D eigenvalue weighted by atomic mass is 10.1. The normalized spacial score (nSPS) is 10.3. The van der Waals surface area contributed by atoms with E-state index in [-0.39, 0.29) is 23.1 Å². The third-order valence-electron chi connectivity index (χ3n) is 3.62. The van der Waals surface area contributed by atoms with E-state index in [1.165, 1.54) is 19.2 Å². The summed E-state index contributed by atoms with van der Waals surface area (Å²) in [4.78, 5) is 31.6. The number of ketones is 1. The van der Waals surface area contributed by atoms with Gasteiger partial charge in [0.15, 0.2) is 5.78 Å². The smallest absolute Gasteiger partial charge is 0.274 e. The fraction of sp³-hybridized carbons (Fsp3) is 0.0526. The maximum absolute atomic E-state index is 13.7. The molecule has 0 bridgehead atoms. The van der Waals surface area contributed by atoms with Crippen LogP contribution in [0.5, 0.6) is 0 Å². The number of rotatable bonds is 5. The number of hydrogen-bond donors (Lipinski definition) is 2. The molecule has 0 radical (unpaired) electrons. The number of benzene rings is 2. The molecule has 6 nitrogen and oxygen atoms in total. The first-order valence-corrected chi connectivity index (χ1v) is 7.90. The number of carbonyl (C=O) groups is 2. The lowest BCUT2D eigenvalue weighted by molar-refractivity contribution is 0.101. The Kier molecular flexibility index (Phi) is 5.16. The molecule has 0 spiro atoms. The Morgan fingerprint density at radius 1 is 1.00 bits per heavy atom. The molecular weight excluding hydrogens is 354 g/mol. The molecule has 0 fully saturated rings. The van der Waals surface area contributed by atoms with Gasteiger partial charge in [-0.3, -0.25) is 9.59 Å². The first-order valence-electron chi connectivity index (χ1n) is 7.90. The van der Waals surface area contributed by atoms with Crippen LogP contribution in [0.3, 0.4) is 0 Å². The lowest BCUT2D eigenvalue weighted by Crippen LogP contribution is -2.15. The topological polar surface area (TPSA) is 84.0 Å². The Morgan fingerprint density at radius 3 is 2.41 bits per heavy atom. The van der Waals surface area contributed by atoms with Crippen molar-refractivity contribution in [3.05, 3.63) is 77.6 Å². The molecule has 3 rings (SSSR count). The molecule has 1 heterocycles. The number of halogens is 2. The SMILES string of the molecule is CC(=O)c1ccc(Nc2nccc(C(=O)Nc3ccc(F)cc3F)n2)cc1. The van der Waals surface area contributed by atoms with Gasteiger partial charge in [-0.1, -0.05) is 0 Å². The van der Waals surface area contributed by atoms with Gasteiger partial charge in [0.05, 0.1) is 5.69 Å². The van der Waals surface area contributed by atoms with Crippen molar-refractivity contribution in [3.63, 3.8) is 0 Å². The van der Waals surface area contributed by atoms with E-state index < -0.39 is 17.5 Å². The van der Waals surface area contributed by atoms with Crippen molar-refractivity contribution in [3.8, 4) is 0 Å². The van der Waals surface area contributed by atoms with Gasteiger partial charge in [0.2, 0.25) is 5.95 Å². The van der Waals surface area contributed by atoms with E-state index in [1.807, 2.05) is 0 Å². The van der Waals surface area contributed by atoms with Gasteiger partial charge in [0.25, 0.3) is 5.91 Å². The van der Waals surface area contributed by atoms with Crippen LogP contribution in [0, 0.1) is 11.6 Å². The molecule has 1 aromatic heterocycles. The van der Waals surface area contributed by atoms with E-state index in [0.717, 1.165) is 12.1 Å². The zero-order valence-electron chi connectivity index (χ0n) is 14.2. The first-order chi connectivity index (χ1) is 12.9. The highest BCUT2D eigenvalue weighted by Crippen LogP contribution is 2.17. The fourth-order valence-electron chi connectivity index (χ4n) is 2.24. The van der Waals surface area contributed by atoms with Crippen LogP contribution in [0.4, 0.5) is 26.1 Å². The predicted molar refractivity (Wildman–Crippen MR) is 96.1 cm³/mol. The average Bonchev–Trinajstić information content (AvgIpc) is 2.64. The molecule has 0 saturated heterocycles. The number of nitrogens with zero attached hydrogens (tertiary/aromatic N) is 2. The van der Waals surface area contributed by atoms with Crippen molar-refractivity contribution in [1.29, 1.82) is 0 Å². The minimum absolute atomic E-state index is 0.00317. The Hall–Kier alpha value is -3.68. The van der Waals surface area contributed by atoms with Crippen LogP contribution in [0.1, 0.15) is 27.8 Å². The Bertz CT molecular complexity index is 1010. The maximum Gasteiger partial charge on any atom is 0.274 e. The van der Waals surface area contributed by atoms with E-state index in [0.29, 0.717) is 17.3 Å². The van der Waals surface area contributed by atoms with Crippen molar-refractivity contribution < 1.29 is 18.4 Å². The standard InChI is InChI=1S/C19H14F2N4O2/c1-11(26)12-2-5-14(6-3-12)23-19-22-9-8-17(25-19)18(27)24-16-7-4-13(20)10-15(16)21/h2-10H,1H3,(H,24,27)(H,22,23,25). The summed E-state index contributed by atoms with van der Waals surface area (Å²) in [5, 5.41) is 5.24. The van der Waals surface area contributed by atoms with E-state index in [1.54, 1.807) is 24.3 Å². The van der Waals surface area contributed by atoms with E-state index in [9.17, 15) is 18.4 Å². The Morgan fingerprint density at radius 2 is 1.74 bits per heavy atom. The van der Waals surface area contributed by atoms with Crippen molar-refractivity contribution in [2.24, 2.45) is 0 Å². The van der Waals surface area contributed by atoms with E-state index >= 15 is 0 Å². The van der Waals surface area contributed by atoms with Gasteiger partial charge in [0, 0.05) is 23.5 Å². The van der Waals surface area contributed by atoms with Crippen molar-refractivity contribution in [1.82, 2.24) is 9.97 Å². The number of aromatic nitrogens is 2. The van der Waals surface area contributed by atoms with Crippen LogP contribution in [0.15, 0.2) is 54.7 Å². The number of amides is 1. The first kappa shape index (κ1) is 18.1. The zero-order valence-corrected chi connectivity index (χ0v) is 14.2. The summed E-state index contributed by atoms with van der Waals surface area (Å²) in [6.45, 7) is 1.47. The predicted octanol–water partition coefficient (Wildman–Crippen LogP) is 3.95. The molecule has 3 aromatic rings. The molecule has 136 valence electrons. The summed E-state index contributed by atoms with van der Waals surface area (Å²) >= 11 is 0. The third kappa shape index (κ3) is 4.49. The highest BCUT2D eigenvalue weighted by atomic mass is 19.1. The van der Waals surface area contributed by atoms with Gasteiger partial charge in [-0.2, -0.15) is 0 Å². The van der Waals surface area contributed by atoms with Crippen LogP contribution >= 0.6 is 0 Å². The van der Waals surface area contributed by atoms with Crippen molar-refractivity contribution >= 4 is 29.0 Å². The van der Waals surface area contributed by atoms with E-state index in [4.69, 9.17) is 0 Å². The molecule has 0 aliphatic rings. The summed E-state index contributed by atoms with van der Waals surface area (Å²) in [5.74, 6) is -2.20. The van der Waals surface area contributed by atoms with Gasteiger partial charge < -0.3 is 10.6 Å². The molecule has 0 saturated carbocycles. The summed E-state index contributed by atoms with van der Waals surface area (Å²) < 4.78 is 26.6. The molecule has 2 N–H and O–H groups in total. The van der Waals surface area contributed by atoms with Gasteiger partial charge in [0.1, 0.15) is 17.3 Å². The number of anilines is 3. The number of Topliss-reactive ketones (excluding diaryl/α,β-unsaturated/α-hetero) is 1. The van der Waals surface area contributed by atoms with Gasteiger partial charge in [-0.15, -0.1) is 0 Å². The molecule has 0 aliphatic carbocycles. The van der Waals surface area contributed by atoms with Crippen LogP contribution in [-0.2, 0) is 0 Å². The van der Waals surface area contributed by atoms with Crippen LogP contribution in [0.25, 0.3) is 0 Å². The highest BCUT2D eigenvalue weighted by molar-refractivity contribution is 6.03. The molecule has 27 heavy (non-hydrogen) atoms. The molecule has 0 atom stereocenters. The summed E-state index contributed by atoms with van der Waals surface area (Å²) in [6, 6.07) is 10.9. The second kappa shape index (κ2) is 7.69. The van der Waals surface area contributed by atoms with Gasteiger partial charge in [-0.25, -0.2) is 18.7 Å². The van der Waals surface area contributed by atoms with E-state index in [2.05, 4.69) is 20.6 Å². The molecule has 1 amide bonds. The van der Waals surface area contributed by atoms with Crippen LogP contribution < -0.4 is 10.6 Å². The molecule has 8 heteroatoms. The van der Waals surface area contributed by atoms with Crippen LogP contribution in [0.2, 0.25) is 0 Å². The lowest BCUT2D eigenvalue weighted by Gasteiger charge is -2.08. The van der Waals surface area contributed by atoms with Gasteiger partial charge >= 0.3 is 0 Å². The Labute approximate surface area is 153 Å². The second-order valence-electron chi connectivity index (χ2n) is 5.60. The summed E-state index contributed by atoms with van der Waals surface area (Å²) in [7, 11) is 0. The zero-order chi connectivity index (χ0) is 19.4. The molecule has 2 aromatic carbocycles. The van der Waals surface area contributed by atoms with Crippen molar-refractivity contribution in [2.75, 3.05) is 10.6 Å². The van der Waals surface area contributed by atoms with Gasteiger partial charge in [-0.05, 0) is 49.4 Å². The number of nitrogens with one attached hydrogen (secondary N) is 2. The number of hydrogen-bond acceptors (Lipinski definition) is 5. The summed E-state index contributed by atoms with van der Waals surface area (Å²) in [5.41, 5.74) is 1.03. The van der Waals surface area contributed by atoms with Crippen molar-refractivity contribution in [2.45, 2.75) is 6.92 Å². The molecule has 0 aliphatic heterocycles. The largest absolute Gasteiger partial charge is 0.324 e. The fourth-order valence-corrected chi connectivity index (χ4v) is 2.24.